The molecule has 3 nitrogen and oxygen atoms in total. The van der Waals surface area contributed by atoms with E-state index >= 15 is 0 Å². The van der Waals surface area contributed by atoms with Crippen LogP contribution in [0, 0.1) is 0 Å². The summed E-state index contributed by atoms with van der Waals surface area (Å²) >= 11 is 1.75. The molecule has 0 saturated carbocycles. The Kier molecular flexibility index (Phi) is 3.39. The average molecular weight is 259 g/mol. The van der Waals surface area contributed by atoms with E-state index in [0.29, 0.717) is 5.92 Å². The van der Waals surface area contributed by atoms with Crippen LogP contribution in [0.1, 0.15) is 40.4 Å². The maximum Gasteiger partial charge on any atom is 0.131 e. The molecule has 1 unspecified atom stereocenters. The predicted octanol–water partition coefficient (Wildman–Crippen LogP) is 2.73. The lowest BCUT2D eigenvalue weighted by atomic mass is 9.78. The number of nitrogens with one attached hydrogen (secondary N) is 1. The Bertz CT molecular complexity index is 535. The summed E-state index contributed by atoms with van der Waals surface area (Å²) in [5.74, 6) is 0.485. The summed E-state index contributed by atoms with van der Waals surface area (Å²) < 4.78 is 0. The molecule has 1 heterocycles. The van der Waals surface area contributed by atoms with Crippen molar-refractivity contribution in [2.75, 3.05) is 6.54 Å². The summed E-state index contributed by atoms with van der Waals surface area (Å²) in [7, 11) is 0. The predicted molar refractivity (Wildman–Crippen MR) is 73.9 cm³/mol. The third-order valence-electron chi connectivity index (χ3n) is 3.34. The van der Waals surface area contributed by atoms with Crippen molar-refractivity contribution in [1.29, 1.82) is 0 Å². The fourth-order valence-electron chi connectivity index (χ4n) is 2.33. The van der Waals surface area contributed by atoms with Crippen LogP contribution in [0.25, 0.3) is 0 Å². The number of fused-ring (bicyclic) bond motifs is 1. The number of hydrogen-bond acceptors (Lipinski definition) is 4. The zero-order valence-electron chi connectivity index (χ0n) is 10.5. The second-order valence-electron chi connectivity index (χ2n) is 4.67. The molecule has 94 valence electrons. The molecule has 1 aromatic carbocycles. The third kappa shape index (κ3) is 2.18. The van der Waals surface area contributed by atoms with Gasteiger partial charge in [-0.1, -0.05) is 42.5 Å². The lowest BCUT2D eigenvalue weighted by molar-refractivity contribution is 0.663. The first-order valence-electron chi connectivity index (χ1n) is 6.49. The maximum atomic E-state index is 4.34. The molecule has 2 aromatic rings. The minimum absolute atomic E-state index is 0.485. The van der Waals surface area contributed by atoms with Gasteiger partial charge in [0.15, 0.2) is 0 Å². The van der Waals surface area contributed by atoms with Crippen molar-refractivity contribution in [2.24, 2.45) is 0 Å². The molecular weight excluding hydrogens is 242 g/mol. The molecule has 1 aromatic heterocycles. The van der Waals surface area contributed by atoms with E-state index in [1.165, 1.54) is 16.1 Å². The third-order valence-corrected chi connectivity index (χ3v) is 4.38. The Balaban J connectivity index is 1.68. The Hall–Kier alpha value is -1.26. The minimum Gasteiger partial charge on any atom is -0.310 e. The van der Waals surface area contributed by atoms with Crippen molar-refractivity contribution in [3.8, 4) is 0 Å². The molecule has 18 heavy (non-hydrogen) atoms. The van der Waals surface area contributed by atoms with E-state index in [0.717, 1.165) is 30.9 Å². The van der Waals surface area contributed by atoms with Gasteiger partial charge in [-0.05, 0) is 30.5 Å². The van der Waals surface area contributed by atoms with Gasteiger partial charge in [0.1, 0.15) is 10.0 Å². The van der Waals surface area contributed by atoms with Crippen molar-refractivity contribution < 1.29 is 0 Å². The SMILES string of the molecule is CCCNCc1nnc(C2Cc3ccccc32)s1. The minimum atomic E-state index is 0.485. The van der Waals surface area contributed by atoms with E-state index in [2.05, 4.69) is 46.7 Å². The molecule has 1 atom stereocenters. The van der Waals surface area contributed by atoms with E-state index in [-0.39, 0.29) is 0 Å². The number of nitrogens with zero attached hydrogens (tertiary/aromatic N) is 2. The van der Waals surface area contributed by atoms with Crippen LogP contribution >= 0.6 is 11.3 Å². The lowest BCUT2D eigenvalue weighted by Crippen LogP contribution is -2.17. The monoisotopic (exact) mass is 259 g/mol. The molecular formula is C14H17N3S. The van der Waals surface area contributed by atoms with Gasteiger partial charge in [0, 0.05) is 12.5 Å². The second kappa shape index (κ2) is 5.16. The molecule has 1 aliphatic carbocycles. The Labute approximate surface area is 111 Å². The van der Waals surface area contributed by atoms with Crippen molar-refractivity contribution in [3.63, 3.8) is 0 Å². The molecule has 0 bridgehead atoms. The molecule has 0 amide bonds. The largest absolute Gasteiger partial charge is 0.310 e. The first kappa shape index (κ1) is 11.8. The van der Waals surface area contributed by atoms with Crippen molar-refractivity contribution in [2.45, 2.75) is 32.2 Å². The Morgan fingerprint density at radius 3 is 3.06 bits per heavy atom. The second-order valence-corrected chi connectivity index (χ2v) is 5.76. The van der Waals surface area contributed by atoms with Gasteiger partial charge in [0.05, 0.1) is 0 Å². The van der Waals surface area contributed by atoms with Crippen molar-refractivity contribution in [3.05, 3.63) is 45.4 Å². The molecule has 0 saturated heterocycles. The highest BCUT2D eigenvalue weighted by Gasteiger charge is 2.29. The van der Waals surface area contributed by atoms with E-state index < -0.39 is 0 Å². The summed E-state index contributed by atoms with van der Waals surface area (Å²) in [5, 5.41) is 14.2. The Morgan fingerprint density at radius 1 is 1.33 bits per heavy atom. The molecule has 0 aliphatic heterocycles. The van der Waals surface area contributed by atoms with Gasteiger partial charge in [0.2, 0.25) is 0 Å². The fourth-order valence-corrected chi connectivity index (χ4v) is 3.26. The van der Waals surface area contributed by atoms with Gasteiger partial charge < -0.3 is 5.32 Å². The summed E-state index contributed by atoms with van der Waals surface area (Å²) in [4.78, 5) is 0. The van der Waals surface area contributed by atoms with Crippen LogP contribution in [-0.2, 0) is 13.0 Å². The standard InChI is InChI=1S/C14H17N3S/c1-2-7-15-9-13-16-17-14(18-13)12-8-10-5-3-4-6-11(10)12/h3-6,12,15H,2,7-9H2,1H3. The number of aromatic nitrogens is 2. The maximum absolute atomic E-state index is 4.34. The molecule has 3 rings (SSSR count). The highest BCUT2D eigenvalue weighted by Crippen LogP contribution is 2.40. The van der Waals surface area contributed by atoms with Gasteiger partial charge in [-0.3, -0.25) is 0 Å². The van der Waals surface area contributed by atoms with Crippen LogP contribution < -0.4 is 5.32 Å². The van der Waals surface area contributed by atoms with Crippen LogP contribution in [0.5, 0.6) is 0 Å². The average Bonchev–Trinajstić information content (AvgIpc) is 2.80. The smallest absolute Gasteiger partial charge is 0.131 e. The normalized spacial score (nSPS) is 17.3. The number of benzene rings is 1. The number of hydrogen-bond donors (Lipinski definition) is 1. The van der Waals surface area contributed by atoms with Gasteiger partial charge in [-0.2, -0.15) is 0 Å². The van der Waals surface area contributed by atoms with Crippen LogP contribution in [0.4, 0.5) is 0 Å². The molecule has 1 aliphatic rings. The van der Waals surface area contributed by atoms with Gasteiger partial charge in [-0.15, -0.1) is 10.2 Å². The van der Waals surface area contributed by atoms with E-state index in [1.807, 2.05) is 0 Å². The molecule has 0 radical (unpaired) electrons. The van der Waals surface area contributed by atoms with Gasteiger partial charge in [-0.25, -0.2) is 0 Å². The van der Waals surface area contributed by atoms with Crippen LogP contribution in [0.15, 0.2) is 24.3 Å². The highest BCUT2D eigenvalue weighted by molar-refractivity contribution is 7.11. The van der Waals surface area contributed by atoms with Gasteiger partial charge >= 0.3 is 0 Å². The van der Waals surface area contributed by atoms with E-state index in [4.69, 9.17) is 0 Å². The quantitative estimate of drug-likeness (QED) is 0.839. The van der Waals surface area contributed by atoms with Crippen molar-refractivity contribution in [1.82, 2.24) is 15.5 Å². The first-order chi connectivity index (χ1) is 8.88. The van der Waals surface area contributed by atoms with Gasteiger partial charge in [0.25, 0.3) is 0 Å². The number of rotatable bonds is 5. The summed E-state index contributed by atoms with van der Waals surface area (Å²) in [5.41, 5.74) is 2.89. The Morgan fingerprint density at radius 2 is 2.22 bits per heavy atom. The van der Waals surface area contributed by atoms with E-state index in [1.54, 1.807) is 11.3 Å². The lowest BCUT2D eigenvalue weighted by Gasteiger charge is -2.27. The first-order valence-corrected chi connectivity index (χ1v) is 7.31. The fraction of sp³-hybridized carbons (Fsp3) is 0.429. The van der Waals surface area contributed by atoms with Crippen molar-refractivity contribution >= 4 is 11.3 Å². The summed E-state index contributed by atoms with van der Waals surface area (Å²) in [6.07, 6.45) is 2.27. The van der Waals surface area contributed by atoms with Crippen LogP contribution in [-0.4, -0.2) is 16.7 Å². The zero-order chi connectivity index (χ0) is 12.4. The molecule has 4 heteroatoms. The molecule has 0 fully saturated rings. The molecule has 1 N–H and O–H groups in total. The van der Waals surface area contributed by atoms with Crippen LogP contribution in [0.3, 0.4) is 0 Å². The molecule has 0 spiro atoms. The van der Waals surface area contributed by atoms with Crippen LogP contribution in [0.2, 0.25) is 0 Å². The zero-order valence-corrected chi connectivity index (χ0v) is 11.3. The topological polar surface area (TPSA) is 37.8 Å². The summed E-state index contributed by atoms with van der Waals surface area (Å²) in [6.45, 7) is 4.06. The highest BCUT2D eigenvalue weighted by atomic mass is 32.1. The van der Waals surface area contributed by atoms with E-state index in [9.17, 15) is 0 Å². The summed E-state index contributed by atoms with van der Waals surface area (Å²) in [6, 6.07) is 8.63.